The van der Waals surface area contributed by atoms with E-state index in [1.807, 2.05) is 6.07 Å². The fourth-order valence-electron chi connectivity index (χ4n) is 5.02. The van der Waals surface area contributed by atoms with E-state index in [0.29, 0.717) is 11.3 Å². The third-order valence-electron chi connectivity index (χ3n) is 5.23. The van der Waals surface area contributed by atoms with Crippen molar-refractivity contribution in [1.29, 1.82) is 0 Å². The molecule has 3 N–H and O–H groups in total. The van der Waals surface area contributed by atoms with Crippen molar-refractivity contribution in [2.75, 3.05) is 5.43 Å². The van der Waals surface area contributed by atoms with Gasteiger partial charge in [-0.3, -0.25) is 5.43 Å². The molecule has 0 radical (unpaired) electrons. The van der Waals surface area contributed by atoms with Crippen LogP contribution in [0.3, 0.4) is 0 Å². The first kappa shape index (κ1) is 9.95. The minimum Gasteiger partial charge on any atom is -0.337 e. The zero-order valence-electron chi connectivity index (χ0n) is 9.98. The standard InChI is InChI=1S/C13H19N3O/c14-15-12-4-11(16-17-12)13-5-8-1-9(6-13)3-10(2-8)7-13/h4,8-10,15H,1-3,5-7,14H2. The monoisotopic (exact) mass is 233 g/mol. The Balaban J connectivity index is 1.72. The summed E-state index contributed by atoms with van der Waals surface area (Å²) >= 11 is 0. The summed E-state index contributed by atoms with van der Waals surface area (Å²) in [6.07, 6.45) is 8.32. The Morgan fingerprint density at radius 1 is 1.18 bits per heavy atom. The molecular formula is C13H19N3O. The molecule has 4 bridgehead atoms. The maximum Gasteiger partial charge on any atom is 0.238 e. The second kappa shape index (κ2) is 3.25. The smallest absolute Gasteiger partial charge is 0.238 e. The third kappa shape index (κ3) is 1.36. The van der Waals surface area contributed by atoms with Crippen LogP contribution in [-0.2, 0) is 5.41 Å². The number of anilines is 1. The Labute approximate surface area is 101 Å². The number of nitrogens with zero attached hydrogens (tertiary/aromatic N) is 1. The minimum atomic E-state index is 0.313. The summed E-state index contributed by atoms with van der Waals surface area (Å²) in [5.41, 5.74) is 4.01. The fourth-order valence-corrected chi connectivity index (χ4v) is 5.02. The average molecular weight is 233 g/mol. The molecule has 5 rings (SSSR count). The van der Waals surface area contributed by atoms with Crippen LogP contribution >= 0.6 is 0 Å². The van der Waals surface area contributed by atoms with Gasteiger partial charge in [0.2, 0.25) is 5.88 Å². The average Bonchev–Trinajstić information content (AvgIpc) is 2.76. The van der Waals surface area contributed by atoms with E-state index >= 15 is 0 Å². The predicted octanol–water partition coefficient (Wildman–Crippen LogP) is 2.43. The molecule has 4 saturated carbocycles. The topological polar surface area (TPSA) is 64.1 Å². The van der Waals surface area contributed by atoms with Crippen LogP contribution in [-0.4, -0.2) is 5.16 Å². The van der Waals surface area contributed by atoms with Crippen LogP contribution in [0.25, 0.3) is 0 Å². The summed E-state index contributed by atoms with van der Waals surface area (Å²) in [5.74, 6) is 8.78. The maximum absolute atomic E-state index is 5.37. The molecule has 4 aliphatic rings. The van der Waals surface area contributed by atoms with Crippen molar-refractivity contribution >= 4 is 5.88 Å². The molecule has 4 fully saturated rings. The Morgan fingerprint density at radius 2 is 1.76 bits per heavy atom. The summed E-state index contributed by atoms with van der Waals surface area (Å²) < 4.78 is 5.22. The quantitative estimate of drug-likeness (QED) is 0.608. The summed E-state index contributed by atoms with van der Waals surface area (Å²) in [6, 6.07) is 2.01. The van der Waals surface area contributed by atoms with Gasteiger partial charge >= 0.3 is 0 Å². The molecule has 4 nitrogen and oxygen atoms in total. The van der Waals surface area contributed by atoms with Crippen LogP contribution in [0.4, 0.5) is 5.88 Å². The molecule has 0 amide bonds. The van der Waals surface area contributed by atoms with Gasteiger partial charge in [-0.25, -0.2) is 5.84 Å². The van der Waals surface area contributed by atoms with Crippen LogP contribution in [0, 0.1) is 17.8 Å². The van der Waals surface area contributed by atoms with Gasteiger partial charge in [-0.2, -0.15) is 0 Å². The number of hydrogen-bond acceptors (Lipinski definition) is 4. The van der Waals surface area contributed by atoms with E-state index in [0.717, 1.165) is 23.4 Å². The number of hydrogen-bond donors (Lipinski definition) is 2. The van der Waals surface area contributed by atoms with Crippen molar-refractivity contribution in [3.8, 4) is 0 Å². The number of rotatable bonds is 2. The lowest BCUT2D eigenvalue weighted by Crippen LogP contribution is -2.48. The minimum absolute atomic E-state index is 0.313. The molecule has 0 atom stereocenters. The molecule has 0 unspecified atom stereocenters. The molecular weight excluding hydrogens is 214 g/mol. The van der Waals surface area contributed by atoms with Crippen molar-refractivity contribution in [2.45, 2.75) is 43.9 Å². The second-order valence-electron chi connectivity index (χ2n) is 6.42. The van der Waals surface area contributed by atoms with Gasteiger partial charge in [0.25, 0.3) is 0 Å². The third-order valence-corrected chi connectivity index (χ3v) is 5.23. The Hall–Kier alpha value is -1.03. The predicted molar refractivity (Wildman–Crippen MR) is 64.2 cm³/mol. The highest BCUT2D eigenvalue weighted by Crippen LogP contribution is 2.60. The lowest BCUT2D eigenvalue weighted by molar-refractivity contribution is -0.00844. The number of nitrogens with two attached hydrogens (primary N) is 1. The van der Waals surface area contributed by atoms with Crippen LogP contribution in [0.1, 0.15) is 44.2 Å². The molecule has 0 saturated heterocycles. The highest BCUT2D eigenvalue weighted by Gasteiger charge is 2.52. The van der Waals surface area contributed by atoms with E-state index in [1.165, 1.54) is 38.5 Å². The van der Waals surface area contributed by atoms with Gasteiger partial charge in [-0.1, -0.05) is 5.16 Å². The number of hydrazine groups is 1. The molecule has 1 aromatic rings. The van der Waals surface area contributed by atoms with Crippen molar-refractivity contribution in [3.63, 3.8) is 0 Å². The zero-order valence-corrected chi connectivity index (χ0v) is 9.98. The van der Waals surface area contributed by atoms with E-state index in [9.17, 15) is 0 Å². The molecule has 4 aliphatic carbocycles. The van der Waals surface area contributed by atoms with E-state index in [1.54, 1.807) is 0 Å². The first-order valence-electron chi connectivity index (χ1n) is 6.71. The van der Waals surface area contributed by atoms with Gasteiger partial charge in [-0.15, -0.1) is 0 Å². The molecule has 0 aromatic carbocycles. The number of aromatic nitrogens is 1. The van der Waals surface area contributed by atoms with Crippen LogP contribution in [0.15, 0.2) is 10.6 Å². The van der Waals surface area contributed by atoms with E-state index in [2.05, 4.69) is 10.6 Å². The largest absolute Gasteiger partial charge is 0.337 e. The van der Waals surface area contributed by atoms with Gasteiger partial charge in [0, 0.05) is 11.5 Å². The van der Waals surface area contributed by atoms with Crippen molar-refractivity contribution in [1.82, 2.24) is 5.16 Å². The first-order valence-corrected chi connectivity index (χ1v) is 6.71. The van der Waals surface area contributed by atoms with Crippen molar-refractivity contribution < 1.29 is 4.52 Å². The Kier molecular flexibility index (Phi) is 1.90. The molecule has 1 aromatic heterocycles. The van der Waals surface area contributed by atoms with Crippen LogP contribution in [0.5, 0.6) is 0 Å². The Bertz CT molecular complexity index is 404. The highest BCUT2D eigenvalue weighted by atomic mass is 16.5. The fraction of sp³-hybridized carbons (Fsp3) is 0.769. The normalized spacial score (nSPS) is 43.0. The van der Waals surface area contributed by atoms with E-state index in [4.69, 9.17) is 10.4 Å². The number of nitrogen functional groups attached to an aromatic ring is 1. The molecule has 1 heterocycles. The maximum atomic E-state index is 5.37. The van der Waals surface area contributed by atoms with E-state index < -0.39 is 0 Å². The van der Waals surface area contributed by atoms with Gasteiger partial charge < -0.3 is 4.52 Å². The van der Waals surface area contributed by atoms with Crippen LogP contribution < -0.4 is 11.3 Å². The SMILES string of the molecule is NNc1cc(C23CC4CC(CC(C4)C2)C3)no1. The summed E-state index contributed by atoms with van der Waals surface area (Å²) in [6.45, 7) is 0. The van der Waals surface area contributed by atoms with Crippen LogP contribution in [0.2, 0.25) is 0 Å². The summed E-state index contributed by atoms with van der Waals surface area (Å²) in [4.78, 5) is 0. The van der Waals surface area contributed by atoms with E-state index in [-0.39, 0.29) is 0 Å². The molecule has 0 spiro atoms. The molecule has 0 aliphatic heterocycles. The van der Waals surface area contributed by atoms with Gasteiger partial charge in [0.1, 0.15) is 0 Å². The summed E-state index contributed by atoms with van der Waals surface area (Å²) in [7, 11) is 0. The number of nitrogens with one attached hydrogen (secondary N) is 1. The van der Waals surface area contributed by atoms with Gasteiger partial charge in [0.05, 0.1) is 5.69 Å². The molecule has 92 valence electrons. The molecule has 4 heteroatoms. The Morgan fingerprint density at radius 3 is 2.24 bits per heavy atom. The first-order chi connectivity index (χ1) is 8.27. The highest BCUT2D eigenvalue weighted by molar-refractivity contribution is 5.34. The van der Waals surface area contributed by atoms with Crippen molar-refractivity contribution in [2.24, 2.45) is 23.6 Å². The zero-order chi connectivity index (χ0) is 11.5. The van der Waals surface area contributed by atoms with Gasteiger partial charge in [-0.05, 0) is 56.3 Å². The van der Waals surface area contributed by atoms with Crippen molar-refractivity contribution in [3.05, 3.63) is 11.8 Å². The summed E-state index contributed by atoms with van der Waals surface area (Å²) in [5, 5.41) is 4.26. The molecule has 17 heavy (non-hydrogen) atoms. The second-order valence-corrected chi connectivity index (χ2v) is 6.42. The lowest BCUT2D eigenvalue weighted by atomic mass is 9.49. The van der Waals surface area contributed by atoms with Gasteiger partial charge in [0.15, 0.2) is 0 Å². The lowest BCUT2D eigenvalue weighted by Gasteiger charge is -2.56.